The van der Waals surface area contributed by atoms with Crippen molar-refractivity contribution in [3.63, 3.8) is 0 Å². The number of rotatable bonds is 3. The summed E-state index contributed by atoms with van der Waals surface area (Å²) in [4.78, 5) is 13.0. The van der Waals surface area contributed by atoms with Gasteiger partial charge < -0.3 is 5.32 Å². The number of aromatic nitrogens is 2. The lowest BCUT2D eigenvalue weighted by Crippen LogP contribution is -2.35. The number of anilines is 1. The fourth-order valence-corrected chi connectivity index (χ4v) is 4.18. The number of nitrogens with one attached hydrogen (secondary N) is 2. The number of urea groups is 1. The summed E-state index contributed by atoms with van der Waals surface area (Å²) in [5.74, 6) is 1.19. The molecule has 2 atom stereocenters. The highest BCUT2D eigenvalue weighted by Gasteiger charge is 2.26. The second-order valence-corrected chi connectivity index (χ2v) is 9.67. The molecule has 5 heteroatoms. The van der Waals surface area contributed by atoms with E-state index in [0.717, 1.165) is 24.2 Å². The first kappa shape index (κ1) is 21.2. The van der Waals surface area contributed by atoms with Crippen LogP contribution in [0.5, 0.6) is 0 Å². The second kappa shape index (κ2) is 8.22. The average molecular weight is 417 g/mol. The third kappa shape index (κ3) is 4.50. The van der Waals surface area contributed by atoms with Gasteiger partial charge in [-0.3, -0.25) is 5.32 Å². The highest BCUT2D eigenvalue weighted by molar-refractivity contribution is 5.89. The van der Waals surface area contributed by atoms with Gasteiger partial charge in [0.05, 0.1) is 17.4 Å². The molecule has 1 heterocycles. The third-order valence-corrected chi connectivity index (χ3v) is 6.09. The van der Waals surface area contributed by atoms with Crippen molar-refractivity contribution in [1.29, 1.82) is 0 Å². The number of nitrogens with zero attached hydrogens (tertiary/aromatic N) is 2. The number of hydrogen-bond acceptors (Lipinski definition) is 2. The van der Waals surface area contributed by atoms with Gasteiger partial charge in [0.1, 0.15) is 5.82 Å². The highest BCUT2D eigenvalue weighted by atomic mass is 16.2. The van der Waals surface area contributed by atoms with Crippen molar-refractivity contribution < 1.29 is 4.79 Å². The van der Waals surface area contributed by atoms with Gasteiger partial charge in [-0.25, -0.2) is 9.48 Å². The van der Waals surface area contributed by atoms with Crippen LogP contribution in [0.15, 0.2) is 54.6 Å². The molecule has 1 aromatic heterocycles. The molecule has 1 aliphatic rings. The van der Waals surface area contributed by atoms with Crippen LogP contribution in [-0.2, 0) is 5.41 Å². The van der Waals surface area contributed by atoms with Crippen LogP contribution in [0.2, 0.25) is 0 Å². The molecule has 0 saturated carbocycles. The van der Waals surface area contributed by atoms with Gasteiger partial charge in [-0.1, -0.05) is 69.7 Å². The largest absolute Gasteiger partial charge is 0.331 e. The summed E-state index contributed by atoms with van der Waals surface area (Å²) >= 11 is 0. The summed E-state index contributed by atoms with van der Waals surface area (Å²) in [5.41, 5.74) is 5.47. The second-order valence-electron chi connectivity index (χ2n) is 9.67. The molecule has 162 valence electrons. The van der Waals surface area contributed by atoms with E-state index < -0.39 is 0 Å². The molecule has 0 spiro atoms. The van der Waals surface area contributed by atoms with Crippen LogP contribution in [0.25, 0.3) is 5.69 Å². The van der Waals surface area contributed by atoms with Crippen molar-refractivity contribution in [2.24, 2.45) is 0 Å². The number of carbonyl (C=O) groups excluding carboxylic acids is 1. The maximum atomic E-state index is 13.0. The minimum atomic E-state index is -0.205. The molecule has 0 saturated heterocycles. The van der Waals surface area contributed by atoms with Gasteiger partial charge >= 0.3 is 6.03 Å². The molecule has 0 fully saturated rings. The fraction of sp³-hybridized carbons (Fsp3) is 0.385. The first-order valence-corrected chi connectivity index (χ1v) is 11.1. The van der Waals surface area contributed by atoms with Gasteiger partial charge in [0.2, 0.25) is 0 Å². The molecule has 2 amide bonds. The quantitative estimate of drug-likeness (QED) is 0.531. The van der Waals surface area contributed by atoms with E-state index in [4.69, 9.17) is 5.10 Å². The first-order valence-electron chi connectivity index (χ1n) is 11.1. The van der Waals surface area contributed by atoms with Crippen LogP contribution < -0.4 is 10.6 Å². The Hall–Kier alpha value is -3.08. The van der Waals surface area contributed by atoms with Crippen LogP contribution >= 0.6 is 0 Å². The monoisotopic (exact) mass is 416 g/mol. The van der Waals surface area contributed by atoms with Gasteiger partial charge in [0.15, 0.2) is 0 Å². The number of hydrogen-bond donors (Lipinski definition) is 2. The molecule has 5 nitrogen and oxygen atoms in total. The number of fused-ring (bicyclic) bond motifs is 1. The third-order valence-electron chi connectivity index (χ3n) is 6.09. The van der Waals surface area contributed by atoms with E-state index in [9.17, 15) is 4.79 Å². The van der Waals surface area contributed by atoms with Crippen LogP contribution in [0.4, 0.5) is 10.6 Å². The van der Waals surface area contributed by atoms with Crippen LogP contribution in [-0.4, -0.2) is 15.8 Å². The fourth-order valence-electron chi connectivity index (χ4n) is 4.18. The highest BCUT2D eigenvalue weighted by Crippen LogP contribution is 2.37. The van der Waals surface area contributed by atoms with E-state index >= 15 is 0 Å². The number of amides is 2. The van der Waals surface area contributed by atoms with Gasteiger partial charge in [-0.2, -0.15) is 5.10 Å². The maximum absolute atomic E-state index is 13.0. The SMILES string of the molecule is Cc1ccc(-n2nc(C(C)(C)C)cc2NC(=O)N[C@H]2CC[C@@H](C)c3ccccc32)cc1. The lowest BCUT2D eigenvalue weighted by atomic mass is 9.81. The van der Waals surface area contributed by atoms with Crippen molar-refractivity contribution in [3.05, 3.63) is 77.0 Å². The minimum absolute atomic E-state index is 0.0187. The average Bonchev–Trinajstić information content (AvgIpc) is 3.15. The Morgan fingerprint density at radius 1 is 1.03 bits per heavy atom. The Labute approximate surface area is 184 Å². The Morgan fingerprint density at radius 2 is 1.71 bits per heavy atom. The van der Waals surface area contributed by atoms with Crippen LogP contribution in [0.3, 0.4) is 0 Å². The Bertz CT molecular complexity index is 1080. The molecule has 0 unspecified atom stereocenters. The predicted molar refractivity (Wildman–Crippen MR) is 126 cm³/mol. The van der Waals surface area contributed by atoms with Crippen molar-refractivity contribution in [2.75, 3.05) is 5.32 Å². The van der Waals surface area contributed by atoms with Gasteiger partial charge in [-0.15, -0.1) is 0 Å². The van der Waals surface area contributed by atoms with Crippen molar-refractivity contribution in [2.45, 2.75) is 64.8 Å². The summed E-state index contributed by atoms with van der Waals surface area (Å²) in [6, 6.07) is 18.4. The molecule has 2 N–H and O–H groups in total. The minimum Gasteiger partial charge on any atom is -0.331 e. The van der Waals surface area contributed by atoms with E-state index in [-0.39, 0.29) is 17.5 Å². The Kier molecular flexibility index (Phi) is 5.61. The lowest BCUT2D eigenvalue weighted by Gasteiger charge is -2.30. The molecule has 0 radical (unpaired) electrons. The van der Waals surface area contributed by atoms with Crippen molar-refractivity contribution in [1.82, 2.24) is 15.1 Å². The van der Waals surface area contributed by atoms with E-state index in [1.165, 1.54) is 16.7 Å². The molecule has 4 rings (SSSR count). The zero-order chi connectivity index (χ0) is 22.2. The Balaban J connectivity index is 1.59. The van der Waals surface area contributed by atoms with Gasteiger partial charge in [0, 0.05) is 11.5 Å². The standard InChI is InChI=1S/C26H32N4O/c1-17-10-13-19(14-11-17)30-24(16-23(29-30)26(3,4)5)28-25(31)27-22-15-12-18(2)20-8-6-7-9-21(20)22/h6-11,13-14,16,18,22H,12,15H2,1-5H3,(H2,27,28,31)/t18-,22+/m1/s1. The van der Waals surface area contributed by atoms with Crippen LogP contribution in [0.1, 0.15) is 74.9 Å². The molecular formula is C26H32N4O. The van der Waals surface area contributed by atoms with Crippen LogP contribution in [0, 0.1) is 6.92 Å². The topological polar surface area (TPSA) is 59.0 Å². The molecule has 0 bridgehead atoms. The molecular weight excluding hydrogens is 384 g/mol. The molecule has 31 heavy (non-hydrogen) atoms. The zero-order valence-electron chi connectivity index (χ0n) is 19.1. The van der Waals surface area contributed by atoms with Crippen molar-refractivity contribution in [3.8, 4) is 5.69 Å². The van der Waals surface area contributed by atoms with E-state index in [0.29, 0.717) is 11.7 Å². The van der Waals surface area contributed by atoms with E-state index in [2.05, 4.69) is 75.6 Å². The summed E-state index contributed by atoms with van der Waals surface area (Å²) < 4.78 is 1.82. The summed E-state index contributed by atoms with van der Waals surface area (Å²) in [6.07, 6.45) is 2.01. The Morgan fingerprint density at radius 3 is 2.39 bits per heavy atom. The number of benzene rings is 2. The summed E-state index contributed by atoms with van der Waals surface area (Å²) in [7, 11) is 0. The van der Waals surface area contributed by atoms with E-state index in [1.807, 2.05) is 28.9 Å². The molecule has 1 aliphatic carbocycles. The zero-order valence-corrected chi connectivity index (χ0v) is 19.1. The van der Waals surface area contributed by atoms with E-state index in [1.54, 1.807) is 0 Å². The first-order chi connectivity index (χ1) is 14.7. The summed E-state index contributed by atoms with van der Waals surface area (Å²) in [5, 5.41) is 11.0. The lowest BCUT2D eigenvalue weighted by molar-refractivity contribution is 0.246. The molecule has 3 aromatic rings. The molecule has 2 aromatic carbocycles. The predicted octanol–water partition coefficient (Wildman–Crippen LogP) is 6.24. The summed E-state index contributed by atoms with van der Waals surface area (Å²) in [6.45, 7) is 10.7. The number of aryl methyl sites for hydroxylation is 1. The molecule has 0 aliphatic heterocycles. The normalized spacial score (nSPS) is 18.4. The van der Waals surface area contributed by atoms with Gasteiger partial charge in [0.25, 0.3) is 0 Å². The maximum Gasteiger partial charge on any atom is 0.320 e. The van der Waals surface area contributed by atoms with Crippen molar-refractivity contribution >= 4 is 11.8 Å². The van der Waals surface area contributed by atoms with Gasteiger partial charge in [-0.05, 0) is 48.9 Å². The smallest absolute Gasteiger partial charge is 0.320 e. The number of carbonyl (C=O) groups is 1.